The Bertz CT molecular complexity index is 1060. The minimum Gasteiger partial charge on any atom is -0.394 e. The second kappa shape index (κ2) is 7.91. The highest BCUT2D eigenvalue weighted by atomic mass is 16.6. The van der Waals surface area contributed by atoms with Crippen molar-refractivity contribution in [1.82, 2.24) is 19.5 Å². The fourth-order valence-electron chi connectivity index (χ4n) is 3.43. The molecule has 0 saturated carbocycles. The minimum absolute atomic E-state index is 0.00705. The van der Waals surface area contributed by atoms with Crippen molar-refractivity contribution in [1.29, 1.82) is 0 Å². The summed E-state index contributed by atoms with van der Waals surface area (Å²) >= 11 is 0. The Balaban J connectivity index is 1.60. The number of aliphatic hydroxyl groups is 3. The smallest absolute Gasteiger partial charge is 0.269 e. The van der Waals surface area contributed by atoms with Gasteiger partial charge in [0.2, 0.25) is 0 Å². The van der Waals surface area contributed by atoms with Gasteiger partial charge in [-0.05, 0) is 12.5 Å². The molecule has 0 radical (unpaired) electrons. The molecule has 0 spiro atoms. The maximum atomic E-state index is 10.8. The molecule has 1 saturated heterocycles. The largest absolute Gasteiger partial charge is 0.394 e. The summed E-state index contributed by atoms with van der Waals surface area (Å²) in [5.41, 5.74) is 1.62. The van der Waals surface area contributed by atoms with Crippen molar-refractivity contribution in [3.8, 4) is 0 Å². The number of benzene rings is 1. The molecule has 4 rings (SSSR count). The molecule has 1 fully saturated rings. The molecule has 1 aliphatic heterocycles. The topological polar surface area (TPSA) is 169 Å². The SMILES string of the molecule is C[C@H](Nc1ncnc2c1ncn2[C@@H]1O[C@H](CO)[C@@H](O)[C@H]1O)c1ccc([N+](=O)[O-])cc1. The molecule has 3 heterocycles. The summed E-state index contributed by atoms with van der Waals surface area (Å²) in [6.45, 7) is 1.44. The standard InChI is InChI=1S/C18H20N6O6/c1-9(10-2-4-11(5-3-10)24(28)29)22-16-13-17(20-7-19-16)23(8-21-13)18-15(27)14(26)12(6-25)30-18/h2-5,7-9,12,14-15,18,25-27H,6H2,1H3,(H,19,20,22)/t9-,12+,14+,15+,18+/m0/s1. The highest BCUT2D eigenvalue weighted by molar-refractivity contribution is 5.82. The predicted molar refractivity (Wildman–Crippen MR) is 103 cm³/mol. The summed E-state index contributed by atoms with van der Waals surface area (Å²) in [6.07, 6.45) is -1.63. The zero-order chi connectivity index (χ0) is 21.4. The Hall–Kier alpha value is -3.19. The van der Waals surface area contributed by atoms with E-state index in [-0.39, 0.29) is 11.7 Å². The van der Waals surface area contributed by atoms with E-state index in [4.69, 9.17) is 4.74 Å². The zero-order valence-corrected chi connectivity index (χ0v) is 15.9. The first-order valence-electron chi connectivity index (χ1n) is 9.21. The number of rotatable bonds is 6. The Labute approximate surface area is 169 Å². The average molecular weight is 416 g/mol. The summed E-state index contributed by atoms with van der Waals surface area (Å²) in [6, 6.07) is 5.94. The maximum absolute atomic E-state index is 10.8. The molecule has 0 bridgehead atoms. The van der Waals surface area contributed by atoms with Crippen molar-refractivity contribution in [2.24, 2.45) is 0 Å². The lowest BCUT2D eigenvalue weighted by Gasteiger charge is -2.17. The van der Waals surface area contributed by atoms with Gasteiger partial charge in [-0.1, -0.05) is 12.1 Å². The van der Waals surface area contributed by atoms with E-state index < -0.39 is 36.1 Å². The van der Waals surface area contributed by atoms with E-state index in [1.807, 2.05) is 6.92 Å². The predicted octanol–water partition coefficient (Wildman–Crippen LogP) is 0.519. The van der Waals surface area contributed by atoms with Gasteiger partial charge in [0.25, 0.3) is 5.69 Å². The van der Waals surface area contributed by atoms with Crippen molar-refractivity contribution >= 4 is 22.7 Å². The fourth-order valence-corrected chi connectivity index (χ4v) is 3.43. The Kier molecular flexibility index (Phi) is 5.30. The van der Waals surface area contributed by atoms with Gasteiger partial charge in [0.1, 0.15) is 24.6 Å². The number of non-ortho nitro benzene ring substituents is 1. The van der Waals surface area contributed by atoms with E-state index >= 15 is 0 Å². The van der Waals surface area contributed by atoms with Crippen LogP contribution < -0.4 is 5.32 Å². The summed E-state index contributed by atoms with van der Waals surface area (Å²) in [5.74, 6) is 0.427. The van der Waals surface area contributed by atoms with Crippen molar-refractivity contribution in [2.75, 3.05) is 11.9 Å². The van der Waals surface area contributed by atoms with Gasteiger partial charge in [0, 0.05) is 12.1 Å². The quantitative estimate of drug-likeness (QED) is 0.328. The molecule has 30 heavy (non-hydrogen) atoms. The number of aromatic nitrogens is 4. The summed E-state index contributed by atoms with van der Waals surface area (Å²) < 4.78 is 7.02. The van der Waals surface area contributed by atoms with Crippen LogP contribution in [0.5, 0.6) is 0 Å². The van der Waals surface area contributed by atoms with Crippen LogP contribution in [0.4, 0.5) is 11.5 Å². The first-order chi connectivity index (χ1) is 14.4. The number of anilines is 1. The van der Waals surface area contributed by atoms with Crippen LogP contribution in [0.15, 0.2) is 36.9 Å². The van der Waals surface area contributed by atoms with E-state index in [9.17, 15) is 25.4 Å². The van der Waals surface area contributed by atoms with Gasteiger partial charge < -0.3 is 25.4 Å². The summed E-state index contributed by atoms with van der Waals surface area (Å²) in [7, 11) is 0. The van der Waals surface area contributed by atoms with Gasteiger partial charge in [0.05, 0.1) is 23.9 Å². The molecule has 158 valence electrons. The molecule has 5 atom stereocenters. The van der Waals surface area contributed by atoms with Crippen molar-refractivity contribution in [2.45, 2.75) is 37.5 Å². The maximum Gasteiger partial charge on any atom is 0.269 e. The lowest BCUT2D eigenvalue weighted by molar-refractivity contribution is -0.384. The molecular formula is C18H20N6O6. The summed E-state index contributed by atoms with van der Waals surface area (Å²) in [5, 5.41) is 43.6. The molecule has 0 unspecified atom stereocenters. The molecule has 12 heteroatoms. The molecule has 2 aromatic heterocycles. The second-order valence-electron chi connectivity index (χ2n) is 6.99. The highest BCUT2D eigenvalue weighted by Gasteiger charge is 2.44. The molecule has 12 nitrogen and oxygen atoms in total. The molecule has 1 aromatic carbocycles. The number of aliphatic hydroxyl groups excluding tert-OH is 3. The van der Waals surface area contributed by atoms with Crippen LogP contribution in [-0.4, -0.2) is 64.7 Å². The number of nitrogens with zero attached hydrogens (tertiary/aromatic N) is 5. The number of hydrogen-bond donors (Lipinski definition) is 4. The van der Waals surface area contributed by atoms with Crippen molar-refractivity contribution in [3.05, 3.63) is 52.6 Å². The van der Waals surface area contributed by atoms with Crippen LogP contribution in [0, 0.1) is 10.1 Å². The van der Waals surface area contributed by atoms with Gasteiger partial charge in [0.15, 0.2) is 23.2 Å². The Morgan fingerprint density at radius 2 is 1.97 bits per heavy atom. The third-order valence-corrected chi connectivity index (χ3v) is 5.11. The van der Waals surface area contributed by atoms with Crippen molar-refractivity contribution < 1.29 is 25.0 Å². The Morgan fingerprint density at radius 3 is 2.60 bits per heavy atom. The fraction of sp³-hybridized carbons (Fsp3) is 0.389. The van der Waals surface area contributed by atoms with Crippen LogP contribution >= 0.6 is 0 Å². The van der Waals surface area contributed by atoms with Gasteiger partial charge in [-0.3, -0.25) is 14.7 Å². The van der Waals surface area contributed by atoms with Gasteiger partial charge >= 0.3 is 0 Å². The third kappa shape index (κ3) is 3.45. The molecule has 4 N–H and O–H groups in total. The van der Waals surface area contributed by atoms with E-state index in [0.717, 1.165) is 5.56 Å². The molecule has 0 aliphatic carbocycles. The number of imidazole rings is 1. The number of nitro benzene ring substituents is 1. The second-order valence-corrected chi connectivity index (χ2v) is 6.99. The van der Waals surface area contributed by atoms with Gasteiger partial charge in [-0.2, -0.15) is 0 Å². The first kappa shape index (κ1) is 20.1. The third-order valence-electron chi connectivity index (χ3n) is 5.11. The van der Waals surface area contributed by atoms with Crippen LogP contribution in [0.1, 0.15) is 24.8 Å². The lowest BCUT2D eigenvalue weighted by Crippen LogP contribution is -2.33. The molecule has 0 amide bonds. The molecule has 1 aliphatic rings. The zero-order valence-electron chi connectivity index (χ0n) is 15.9. The monoisotopic (exact) mass is 416 g/mol. The highest BCUT2D eigenvalue weighted by Crippen LogP contribution is 2.32. The molecule has 3 aromatic rings. The minimum atomic E-state index is -1.26. The Morgan fingerprint density at radius 1 is 1.23 bits per heavy atom. The molecular weight excluding hydrogens is 396 g/mol. The van der Waals surface area contributed by atoms with E-state index in [1.165, 1.54) is 29.4 Å². The average Bonchev–Trinajstić information content (AvgIpc) is 3.30. The van der Waals surface area contributed by atoms with E-state index in [2.05, 4.69) is 20.3 Å². The van der Waals surface area contributed by atoms with Crippen LogP contribution in [0.2, 0.25) is 0 Å². The normalized spacial score (nSPS) is 24.8. The van der Waals surface area contributed by atoms with Crippen LogP contribution in [-0.2, 0) is 4.74 Å². The summed E-state index contributed by atoms with van der Waals surface area (Å²) in [4.78, 5) is 23.1. The van der Waals surface area contributed by atoms with Gasteiger partial charge in [-0.25, -0.2) is 15.0 Å². The number of nitro groups is 1. The van der Waals surface area contributed by atoms with Crippen LogP contribution in [0.25, 0.3) is 11.2 Å². The number of fused-ring (bicyclic) bond motifs is 1. The van der Waals surface area contributed by atoms with Gasteiger partial charge in [-0.15, -0.1) is 0 Å². The lowest BCUT2D eigenvalue weighted by atomic mass is 10.1. The van der Waals surface area contributed by atoms with Crippen LogP contribution in [0.3, 0.4) is 0 Å². The number of hydrogen-bond acceptors (Lipinski definition) is 10. The number of ether oxygens (including phenoxy) is 1. The van der Waals surface area contributed by atoms with E-state index in [1.54, 1.807) is 12.1 Å². The number of nitrogens with one attached hydrogen (secondary N) is 1. The van der Waals surface area contributed by atoms with E-state index in [0.29, 0.717) is 17.0 Å². The van der Waals surface area contributed by atoms with Crippen molar-refractivity contribution in [3.63, 3.8) is 0 Å². The first-order valence-corrected chi connectivity index (χ1v) is 9.21.